The van der Waals surface area contributed by atoms with Crippen LogP contribution in [-0.2, 0) is 0 Å². The minimum absolute atomic E-state index is 0. The zero-order valence-corrected chi connectivity index (χ0v) is 30.3. The molecule has 5 aromatic rings. The molecule has 2 aromatic carbocycles. The highest BCUT2D eigenvalue weighted by atomic mass is 35.5. The third-order valence-electron chi connectivity index (χ3n) is 10.9. The number of rotatable bonds is 10. The minimum atomic E-state index is -3.18. The first kappa shape index (κ1) is 37.2. The van der Waals surface area contributed by atoms with Gasteiger partial charge in [-0.05, 0) is 99.8 Å². The SMILES string of the molecule is Cl.Nc1ncnc2c1n(-c1ccc(Oc3ccccc3)cc1)c(=O)n2[C@@H]1CCN(CCC2CCN(C3CN(c4ccc(C(=O)O)nc4)C3)CC2)CC1(F)F. The average Bonchev–Trinajstić information content (AvgIpc) is 3.43. The summed E-state index contributed by atoms with van der Waals surface area (Å²) in [7, 11) is 0. The van der Waals surface area contributed by atoms with Crippen LogP contribution in [0.5, 0.6) is 11.5 Å². The Labute approximate surface area is 316 Å². The summed E-state index contributed by atoms with van der Waals surface area (Å²) in [6, 6.07) is 18.5. The van der Waals surface area contributed by atoms with Crippen LogP contribution in [0.4, 0.5) is 20.3 Å². The lowest BCUT2D eigenvalue weighted by Crippen LogP contribution is -2.61. The number of halogens is 3. The van der Waals surface area contributed by atoms with Gasteiger partial charge in [0.25, 0.3) is 5.92 Å². The summed E-state index contributed by atoms with van der Waals surface area (Å²) in [5.74, 6) is -2.51. The molecule has 0 bridgehead atoms. The van der Waals surface area contributed by atoms with Crippen molar-refractivity contribution >= 4 is 41.0 Å². The average molecular weight is 762 g/mol. The Kier molecular flexibility index (Phi) is 10.6. The van der Waals surface area contributed by atoms with Crippen LogP contribution in [0.25, 0.3) is 16.9 Å². The number of carboxylic acids is 1. The second kappa shape index (κ2) is 15.3. The molecular weight excluding hydrogens is 720 g/mol. The van der Waals surface area contributed by atoms with Gasteiger partial charge in [0, 0.05) is 25.7 Å². The maximum Gasteiger partial charge on any atom is 0.354 e. The molecule has 54 heavy (non-hydrogen) atoms. The number of anilines is 2. The molecule has 3 saturated heterocycles. The molecule has 3 aromatic heterocycles. The van der Waals surface area contributed by atoms with Crippen molar-refractivity contribution in [2.75, 3.05) is 56.4 Å². The van der Waals surface area contributed by atoms with Crippen LogP contribution < -0.4 is 21.1 Å². The third-order valence-corrected chi connectivity index (χ3v) is 10.9. The van der Waals surface area contributed by atoms with Gasteiger partial charge in [0.15, 0.2) is 11.5 Å². The predicted octanol–water partition coefficient (Wildman–Crippen LogP) is 5.34. The number of piperidine rings is 2. The Hall–Kier alpha value is -5.12. The number of aromatic nitrogens is 5. The Bertz CT molecular complexity index is 2140. The maximum atomic E-state index is 16.1. The lowest BCUT2D eigenvalue weighted by molar-refractivity contribution is -0.104. The smallest absolute Gasteiger partial charge is 0.354 e. The number of nitrogen functional groups attached to an aromatic ring is 1. The summed E-state index contributed by atoms with van der Waals surface area (Å²) in [6.07, 6.45) is 5.79. The summed E-state index contributed by atoms with van der Waals surface area (Å²) in [5.41, 5.74) is 7.28. The normalized spacial score (nSPS) is 19.7. The van der Waals surface area contributed by atoms with Gasteiger partial charge in [-0.25, -0.2) is 33.3 Å². The van der Waals surface area contributed by atoms with Gasteiger partial charge in [-0.1, -0.05) is 18.2 Å². The van der Waals surface area contributed by atoms with Gasteiger partial charge < -0.3 is 20.5 Å². The molecule has 0 saturated carbocycles. The van der Waals surface area contributed by atoms with Gasteiger partial charge >= 0.3 is 11.7 Å². The van der Waals surface area contributed by atoms with Crippen molar-refractivity contribution < 1.29 is 23.4 Å². The van der Waals surface area contributed by atoms with Crippen LogP contribution >= 0.6 is 12.4 Å². The number of hydrogen-bond donors (Lipinski definition) is 2. The van der Waals surface area contributed by atoms with E-state index in [1.54, 1.807) is 36.5 Å². The fourth-order valence-corrected chi connectivity index (χ4v) is 7.95. The number of pyridine rings is 1. The van der Waals surface area contributed by atoms with E-state index in [-0.39, 0.29) is 41.5 Å². The zero-order valence-electron chi connectivity index (χ0n) is 29.5. The quantitative estimate of drug-likeness (QED) is 0.190. The molecule has 13 nitrogen and oxygen atoms in total. The van der Waals surface area contributed by atoms with Gasteiger partial charge in [-0.15, -0.1) is 12.4 Å². The highest BCUT2D eigenvalue weighted by Crippen LogP contribution is 2.39. The molecule has 0 amide bonds. The van der Waals surface area contributed by atoms with Crippen LogP contribution in [0.15, 0.2) is 84.0 Å². The lowest BCUT2D eigenvalue weighted by atomic mass is 9.91. The number of aromatic carboxylic acids is 1. The molecule has 1 atom stereocenters. The van der Waals surface area contributed by atoms with Gasteiger partial charge in [-0.2, -0.15) is 0 Å². The number of nitrogens with two attached hydrogens (primary N) is 1. The number of alkyl halides is 2. The van der Waals surface area contributed by atoms with Gasteiger partial charge in [0.2, 0.25) is 0 Å². The van der Waals surface area contributed by atoms with Crippen LogP contribution in [0.1, 0.15) is 42.2 Å². The fraction of sp³-hybridized carbons (Fsp3) is 0.395. The number of likely N-dealkylation sites (tertiary alicyclic amines) is 2. The summed E-state index contributed by atoms with van der Waals surface area (Å²) < 4.78 is 40.5. The van der Waals surface area contributed by atoms with Crippen LogP contribution in [0.3, 0.4) is 0 Å². The lowest BCUT2D eigenvalue weighted by Gasteiger charge is -2.48. The Morgan fingerprint density at radius 1 is 0.907 bits per heavy atom. The number of carbonyl (C=O) groups is 1. The van der Waals surface area contributed by atoms with E-state index in [0.29, 0.717) is 42.2 Å². The van der Waals surface area contributed by atoms with Crippen LogP contribution in [0, 0.1) is 5.92 Å². The standard InChI is InChI=1S/C38H41F2N9O4.ClH/c39-38(40)23-45(16-12-25-13-18-46(19-14-25)28-21-47(22-28)27-8-11-31(36(50)51)42-20-27)17-15-32(38)49-35-33(34(41)43-24-44-35)48(37(49)52)26-6-9-30(10-7-26)53-29-4-2-1-3-5-29;/h1-11,20,24-25,28,32H,12-19,21-23H2,(H,50,51)(H2,41,43,44);1H/t32-;/m1./s1. The molecule has 284 valence electrons. The van der Waals surface area contributed by atoms with Crippen molar-refractivity contribution in [1.29, 1.82) is 0 Å². The topological polar surface area (TPSA) is 148 Å². The van der Waals surface area contributed by atoms with Crippen molar-refractivity contribution in [2.45, 2.75) is 43.7 Å². The number of benzene rings is 2. The van der Waals surface area contributed by atoms with Gasteiger partial charge in [0.05, 0.1) is 24.1 Å². The summed E-state index contributed by atoms with van der Waals surface area (Å²) in [4.78, 5) is 44.0. The Morgan fingerprint density at radius 2 is 1.61 bits per heavy atom. The first-order valence-electron chi connectivity index (χ1n) is 18.0. The highest BCUT2D eigenvalue weighted by Gasteiger charge is 2.47. The molecule has 6 heterocycles. The van der Waals surface area contributed by atoms with Gasteiger partial charge in [-0.3, -0.25) is 18.9 Å². The second-order valence-electron chi connectivity index (χ2n) is 14.2. The minimum Gasteiger partial charge on any atom is -0.477 e. The summed E-state index contributed by atoms with van der Waals surface area (Å²) in [5, 5.41) is 9.08. The molecule has 16 heteroatoms. The van der Waals surface area contributed by atoms with Crippen molar-refractivity contribution in [3.05, 3.63) is 95.4 Å². The fourth-order valence-electron chi connectivity index (χ4n) is 7.95. The van der Waals surface area contributed by atoms with E-state index in [1.807, 2.05) is 35.2 Å². The molecule has 0 spiro atoms. The van der Waals surface area contributed by atoms with E-state index >= 15 is 8.78 Å². The van der Waals surface area contributed by atoms with Crippen LogP contribution in [0.2, 0.25) is 0 Å². The first-order valence-corrected chi connectivity index (χ1v) is 18.0. The molecule has 3 fully saturated rings. The molecule has 3 aliphatic heterocycles. The number of para-hydroxylation sites is 1. The first-order chi connectivity index (χ1) is 25.6. The number of imidazole rings is 1. The van der Waals surface area contributed by atoms with Crippen molar-refractivity contribution in [3.8, 4) is 17.2 Å². The largest absolute Gasteiger partial charge is 0.477 e. The number of fused-ring (bicyclic) bond motifs is 1. The molecule has 0 unspecified atom stereocenters. The number of carboxylic acid groups (broad SMARTS) is 1. The van der Waals surface area contributed by atoms with E-state index in [9.17, 15) is 9.59 Å². The van der Waals surface area contributed by atoms with Crippen molar-refractivity contribution in [2.24, 2.45) is 5.92 Å². The zero-order chi connectivity index (χ0) is 36.7. The number of ether oxygens (including phenoxy) is 1. The monoisotopic (exact) mass is 761 g/mol. The molecule has 0 radical (unpaired) electrons. The molecule has 0 aliphatic carbocycles. The maximum absolute atomic E-state index is 16.1. The van der Waals surface area contributed by atoms with E-state index in [0.717, 1.165) is 55.7 Å². The van der Waals surface area contributed by atoms with Crippen molar-refractivity contribution in [1.82, 2.24) is 33.9 Å². The van der Waals surface area contributed by atoms with Gasteiger partial charge in [0.1, 0.15) is 35.1 Å². The second-order valence-corrected chi connectivity index (χ2v) is 14.2. The Morgan fingerprint density at radius 3 is 2.28 bits per heavy atom. The summed E-state index contributed by atoms with van der Waals surface area (Å²) in [6.45, 7) is 4.26. The van der Waals surface area contributed by atoms with E-state index in [1.165, 1.54) is 17.0 Å². The van der Waals surface area contributed by atoms with Crippen LogP contribution in [-0.4, -0.2) is 103 Å². The summed E-state index contributed by atoms with van der Waals surface area (Å²) >= 11 is 0. The molecule has 3 N–H and O–H groups in total. The molecule has 8 rings (SSSR count). The number of nitrogens with zero attached hydrogens (tertiary/aromatic N) is 8. The number of hydrogen-bond acceptors (Lipinski definition) is 10. The Balaban J connectivity index is 0.00000450. The van der Waals surface area contributed by atoms with Crippen molar-refractivity contribution in [3.63, 3.8) is 0 Å². The predicted molar refractivity (Wildman–Crippen MR) is 202 cm³/mol. The van der Waals surface area contributed by atoms with E-state index in [4.69, 9.17) is 15.6 Å². The highest BCUT2D eigenvalue weighted by molar-refractivity contribution is 5.86. The van der Waals surface area contributed by atoms with E-state index in [2.05, 4.69) is 24.8 Å². The molecular formula is C38H42ClF2N9O4. The third kappa shape index (κ3) is 7.35. The molecule has 3 aliphatic rings. The van der Waals surface area contributed by atoms with E-state index < -0.39 is 30.2 Å².